The van der Waals surface area contributed by atoms with Crippen LogP contribution in [0.25, 0.3) is 11.1 Å². The second-order valence-corrected chi connectivity index (χ2v) is 7.67. The van der Waals surface area contributed by atoms with Gasteiger partial charge >= 0.3 is 0 Å². The number of hydrogen-bond acceptors (Lipinski definition) is 3. The van der Waals surface area contributed by atoms with E-state index in [1.54, 1.807) is 21.3 Å². The first kappa shape index (κ1) is 19.3. The van der Waals surface area contributed by atoms with E-state index in [0.29, 0.717) is 0 Å². The van der Waals surface area contributed by atoms with Gasteiger partial charge in [0.1, 0.15) is 17.2 Å². The summed E-state index contributed by atoms with van der Waals surface area (Å²) in [5.74, 6) is 2.51. The molecule has 31 heavy (non-hydrogen) atoms. The zero-order valence-electron chi connectivity index (χ0n) is 17.9. The summed E-state index contributed by atoms with van der Waals surface area (Å²) in [5, 5.41) is 0. The second-order valence-electron chi connectivity index (χ2n) is 7.67. The van der Waals surface area contributed by atoms with E-state index in [2.05, 4.69) is 72.8 Å². The SMILES string of the molecule is COc1cccc(C2(c3ccccc3)c3ccc(OC)cc3-c3cc(OC)ccc32)c1. The van der Waals surface area contributed by atoms with Gasteiger partial charge in [0.15, 0.2) is 0 Å². The summed E-state index contributed by atoms with van der Waals surface area (Å²) in [6, 6.07) is 31.7. The van der Waals surface area contributed by atoms with Gasteiger partial charge in [0, 0.05) is 0 Å². The zero-order chi connectivity index (χ0) is 21.4. The molecule has 0 atom stereocenters. The lowest BCUT2D eigenvalue weighted by atomic mass is 9.67. The molecular formula is C28H24O3. The molecule has 1 aliphatic rings. The monoisotopic (exact) mass is 408 g/mol. The Balaban J connectivity index is 1.94. The van der Waals surface area contributed by atoms with Gasteiger partial charge in [0.05, 0.1) is 26.7 Å². The highest BCUT2D eigenvalue weighted by molar-refractivity contribution is 5.87. The van der Waals surface area contributed by atoms with Gasteiger partial charge < -0.3 is 14.2 Å². The second kappa shape index (κ2) is 7.51. The minimum absolute atomic E-state index is 0.473. The van der Waals surface area contributed by atoms with Crippen LogP contribution in [0.4, 0.5) is 0 Å². The molecule has 3 nitrogen and oxygen atoms in total. The van der Waals surface area contributed by atoms with Crippen molar-refractivity contribution in [2.75, 3.05) is 21.3 Å². The minimum atomic E-state index is -0.473. The third kappa shape index (κ3) is 2.81. The average molecular weight is 408 g/mol. The Kier molecular flexibility index (Phi) is 4.67. The molecule has 0 N–H and O–H groups in total. The lowest BCUT2D eigenvalue weighted by Gasteiger charge is -2.34. The van der Waals surface area contributed by atoms with Crippen molar-refractivity contribution in [3.8, 4) is 28.4 Å². The fourth-order valence-electron chi connectivity index (χ4n) is 4.88. The predicted octanol–water partition coefficient (Wildman–Crippen LogP) is 6.08. The molecule has 0 amide bonds. The Hall–Kier alpha value is -3.72. The molecular weight excluding hydrogens is 384 g/mol. The number of benzene rings is 4. The van der Waals surface area contributed by atoms with Crippen molar-refractivity contribution in [2.45, 2.75) is 5.41 Å². The maximum Gasteiger partial charge on any atom is 0.119 e. The summed E-state index contributed by atoms with van der Waals surface area (Å²) in [6.07, 6.45) is 0. The van der Waals surface area contributed by atoms with Crippen LogP contribution >= 0.6 is 0 Å². The topological polar surface area (TPSA) is 27.7 Å². The molecule has 154 valence electrons. The van der Waals surface area contributed by atoms with E-state index in [4.69, 9.17) is 14.2 Å². The summed E-state index contributed by atoms with van der Waals surface area (Å²) in [6.45, 7) is 0. The van der Waals surface area contributed by atoms with Crippen molar-refractivity contribution in [3.05, 3.63) is 113 Å². The van der Waals surface area contributed by atoms with Crippen molar-refractivity contribution in [2.24, 2.45) is 0 Å². The maximum absolute atomic E-state index is 5.60. The van der Waals surface area contributed by atoms with Crippen molar-refractivity contribution >= 4 is 0 Å². The molecule has 0 radical (unpaired) electrons. The van der Waals surface area contributed by atoms with Crippen LogP contribution in [-0.2, 0) is 5.41 Å². The molecule has 4 aromatic carbocycles. The number of fused-ring (bicyclic) bond motifs is 3. The average Bonchev–Trinajstić information content (AvgIpc) is 3.14. The molecule has 0 spiro atoms. The summed E-state index contributed by atoms with van der Waals surface area (Å²) in [5.41, 5.74) is 6.64. The lowest BCUT2D eigenvalue weighted by molar-refractivity contribution is 0.413. The van der Waals surface area contributed by atoms with Gasteiger partial charge in [0.25, 0.3) is 0 Å². The van der Waals surface area contributed by atoms with E-state index in [0.717, 1.165) is 33.9 Å². The molecule has 0 unspecified atom stereocenters. The molecule has 3 heteroatoms. The molecule has 0 fully saturated rings. The normalized spacial score (nSPS) is 13.3. The molecule has 0 saturated carbocycles. The third-order valence-corrected chi connectivity index (χ3v) is 6.26. The van der Waals surface area contributed by atoms with Crippen LogP contribution in [0.15, 0.2) is 91.0 Å². The molecule has 0 aromatic heterocycles. The van der Waals surface area contributed by atoms with E-state index in [1.807, 2.05) is 18.2 Å². The number of hydrogen-bond donors (Lipinski definition) is 0. The van der Waals surface area contributed by atoms with Crippen LogP contribution in [0.2, 0.25) is 0 Å². The first-order chi connectivity index (χ1) is 15.2. The largest absolute Gasteiger partial charge is 0.497 e. The molecule has 1 aliphatic carbocycles. The fraction of sp³-hybridized carbons (Fsp3) is 0.143. The third-order valence-electron chi connectivity index (χ3n) is 6.26. The summed E-state index contributed by atoms with van der Waals surface area (Å²) < 4.78 is 16.8. The van der Waals surface area contributed by atoms with Crippen LogP contribution in [0.1, 0.15) is 22.3 Å². The quantitative estimate of drug-likeness (QED) is 0.353. The van der Waals surface area contributed by atoms with Gasteiger partial charge in [-0.1, -0.05) is 54.6 Å². The van der Waals surface area contributed by atoms with Crippen LogP contribution in [0, 0.1) is 0 Å². The number of ether oxygens (including phenoxy) is 3. The van der Waals surface area contributed by atoms with E-state index >= 15 is 0 Å². The van der Waals surface area contributed by atoms with Gasteiger partial charge in [-0.15, -0.1) is 0 Å². The first-order valence-electron chi connectivity index (χ1n) is 10.3. The van der Waals surface area contributed by atoms with E-state index in [9.17, 15) is 0 Å². The Labute approximate surface area is 182 Å². The van der Waals surface area contributed by atoms with Gasteiger partial charge in [0.2, 0.25) is 0 Å². The Morgan fingerprint density at radius 1 is 0.484 bits per heavy atom. The van der Waals surface area contributed by atoms with Crippen LogP contribution < -0.4 is 14.2 Å². The van der Waals surface area contributed by atoms with Crippen LogP contribution in [-0.4, -0.2) is 21.3 Å². The summed E-state index contributed by atoms with van der Waals surface area (Å²) in [4.78, 5) is 0. The summed E-state index contributed by atoms with van der Waals surface area (Å²) in [7, 11) is 5.12. The molecule has 0 saturated heterocycles. The van der Waals surface area contributed by atoms with Crippen molar-refractivity contribution in [1.29, 1.82) is 0 Å². The summed E-state index contributed by atoms with van der Waals surface area (Å²) >= 11 is 0. The van der Waals surface area contributed by atoms with Crippen molar-refractivity contribution < 1.29 is 14.2 Å². The van der Waals surface area contributed by atoms with Gasteiger partial charge in [-0.25, -0.2) is 0 Å². The standard InChI is InChI=1S/C28H24O3/c1-29-21-11-7-10-20(16-21)28(19-8-5-4-6-9-19)26-14-12-22(30-2)17-24(26)25-18-23(31-3)13-15-27(25)28/h4-18H,1-3H3. The molecule has 5 rings (SSSR count). The van der Waals surface area contributed by atoms with Crippen LogP contribution in [0.5, 0.6) is 17.2 Å². The zero-order valence-corrected chi connectivity index (χ0v) is 17.9. The molecule has 0 bridgehead atoms. The highest BCUT2D eigenvalue weighted by Gasteiger charge is 2.46. The minimum Gasteiger partial charge on any atom is -0.497 e. The first-order valence-corrected chi connectivity index (χ1v) is 10.3. The lowest BCUT2D eigenvalue weighted by Crippen LogP contribution is -2.28. The fourth-order valence-corrected chi connectivity index (χ4v) is 4.88. The van der Waals surface area contributed by atoms with Crippen molar-refractivity contribution in [3.63, 3.8) is 0 Å². The van der Waals surface area contributed by atoms with Gasteiger partial charge in [-0.05, 0) is 69.8 Å². The number of methoxy groups -OCH3 is 3. The molecule has 0 aliphatic heterocycles. The van der Waals surface area contributed by atoms with E-state index in [1.165, 1.54) is 16.7 Å². The van der Waals surface area contributed by atoms with Gasteiger partial charge in [-0.3, -0.25) is 0 Å². The van der Waals surface area contributed by atoms with E-state index in [-0.39, 0.29) is 0 Å². The molecule has 0 heterocycles. The van der Waals surface area contributed by atoms with Gasteiger partial charge in [-0.2, -0.15) is 0 Å². The Morgan fingerprint density at radius 3 is 1.55 bits per heavy atom. The predicted molar refractivity (Wildman–Crippen MR) is 123 cm³/mol. The number of rotatable bonds is 5. The molecule has 4 aromatic rings. The smallest absolute Gasteiger partial charge is 0.119 e. The highest BCUT2D eigenvalue weighted by Crippen LogP contribution is 2.57. The Bertz CT molecular complexity index is 1190. The van der Waals surface area contributed by atoms with E-state index < -0.39 is 5.41 Å². The maximum atomic E-state index is 5.60. The van der Waals surface area contributed by atoms with Crippen LogP contribution in [0.3, 0.4) is 0 Å². The Morgan fingerprint density at radius 2 is 1.00 bits per heavy atom. The van der Waals surface area contributed by atoms with Crippen molar-refractivity contribution in [1.82, 2.24) is 0 Å². The highest BCUT2D eigenvalue weighted by atomic mass is 16.5.